The predicted molar refractivity (Wildman–Crippen MR) is 88.1 cm³/mol. The van der Waals surface area contributed by atoms with E-state index in [2.05, 4.69) is 37.9 Å². The van der Waals surface area contributed by atoms with E-state index in [1.807, 2.05) is 25.1 Å². The van der Waals surface area contributed by atoms with Gasteiger partial charge in [-0.1, -0.05) is 44.6 Å². The van der Waals surface area contributed by atoms with Crippen molar-refractivity contribution < 1.29 is 4.79 Å². The lowest BCUT2D eigenvalue weighted by Gasteiger charge is -2.23. The molecule has 1 aromatic rings. The second kappa shape index (κ2) is 8.49. The summed E-state index contributed by atoms with van der Waals surface area (Å²) in [6.45, 7) is 8.65. The number of aryl methyl sites for hydroxylation is 1. The van der Waals surface area contributed by atoms with Crippen LogP contribution in [0.2, 0.25) is 0 Å². The van der Waals surface area contributed by atoms with Gasteiger partial charge in [0.05, 0.1) is 6.54 Å². The molecule has 0 spiro atoms. The van der Waals surface area contributed by atoms with Crippen molar-refractivity contribution in [1.29, 1.82) is 0 Å². The van der Waals surface area contributed by atoms with Crippen LogP contribution in [0.5, 0.6) is 0 Å². The fourth-order valence-electron chi connectivity index (χ4n) is 2.50. The summed E-state index contributed by atoms with van der Waals surface area (Å²) in [7, 11) is 0. The monoisotopic (exact) mass is 286 g/mol. The number of carbonyl (C=O) groups is 1. The van der Waals surface area contributed by atoms with Crippen molar-refractivity contribution in [3.8, 4) is 11.8 Å². The topological polar surface area (TPSA) is 55.1 Å². The fourth-order valence-corrected chi connectivity index (χ4v) is 2.50. The molecule has 21 heavy (non-hydrogen) atoms. The van der Waals surface area contributed by atoms with Crippen LogP contribution >= 0.6 is 0 Å². The van der Waals surface area contributed by atoms with Gasteiger partial charge in [0.15, 0.2) is 0 Å². The molecule has 0 aliphatic carbocycles. The molecule has 0 fully saturated rings. The van der Waals surface area contributed by atoms with Crippen LogP contribution in [0.15, 0.2) is 18.2 Å². The maximum Gasteiger partial charge on any atom is 0.251 e. The first kappa shape index (κ1) is 17.3. The third-order valence-electron chi connectivity index (χ3n) is 3.93. The highest BCUT2D eigenvalue weighted by molar-refractivity contribution is 5.96. The second-order valence-corrected chi connectivity index (χ2v) is 5.37. The molecule has 0 aliphatic rings. The van der Waals surface area contributed by atoms with Crippen molar-refractivity contribution in [3.05, 3.63) is 34.9 Å². The van der Waals surface area contributed by atoms with Crippen LogP contribution in [-0.2, 0) is 0 Å². The molecule has 1 unspecified atom stereocenters. The quantitative estimate of drug-likeness (QED) is 0.818. The molecule has 0 heterocycles. The maximum absolute atomic E-state index is 12.5. The number of hydrogen-bond acceptors (Lipinski definition) is 2. The Hall–Kier alpha value is -1.79. The average Bonchev–Trinajstić information content (AvgIpc) is 2.47. The molecule has 1 aromatic carbocycles. The first-order valence-electron chi connectivity index (χ1n) is 7.63. The average molecular weight is 286 g/mol. The Morgan fingerprint density at radius 1 is 1.33 bits per heavy atom. The van der Waals surface area contributed by atoms with Crippen molar-refractivity contribution in [2.45, 2.75) is 46.6 Å². The van der Waals surface area contributed by atoms with E-state index in [1.165, 1.54) is 0 Å². The highest BCUT2D eigenvalue weighted by Gasteiger charge is 2.17. The molecule has 0 saturated heterocycles. The molecule has 114 valence electrons. The summed E-state index contributed by atoms with van der Waals surface area (Å²) >= 11 is 0. The Kier molecular flexibility index (Phi) is 6.98. The van der Waals surface area contributed by atoms with Gasteiger partial charge < -0.3 is 11.1 Å². The molecule has 1 atom stereocenters. The highest BCUT2D eigenvalue weighted by Crippen LogP contribution is 2.15. The van der Waals surface area contributed by atoms with Gasteiger partial charge in [-0.2, -0.15) is 0 Å². The van der Waals surface area contributed by atoms with Crippen LogP contribution in [0.4, 0.5) is 0 Å². The normalized spacial score (nSPS) is 11.7. The zero-order valence-corrected chi connectivity index (χ0v) is 13.5. The number of amides is 1. The van der Waals surface area contributed by atoms with E-state index >= 15 is 0 Å². The third-order valence-corrected chi connectivity index (χ3v) is 3.93. The molecule has 1 amide bonds. The Morgan fingerprint density at radius 3 is 2.57 bits per heavy atom. The SMILES string of the molecule is CCC(CC)C(C)NC(=O)c1cc(C#CCN)ccc1C. The molecule has 0 aliphatic heterocycles. The highest BCUT2D eigenvalue weighted by atomic mass is 16.1. The molecule has 3 nitrogen and oxygen atoms in total. The molecule has 0 bridgehead atoms. The van der Waals surface area contributed by atoms with Gasteiger partial charge in [-0.15, -0.1) is 0 Å². The standard InChI is InChI=1S/C18H26N2O/c1-5-16(6-2)14(4)20-18(21)17-12-15(8-7-11-19)10-9-13(17)3/h9-10,12,14,16H,5-6,11,19H2,1-4H3,(H,20,21). The van der Waals surface area contributed by atoms with Crippen molar-refractivity contribution >= 4 is 5.91 Å². The summed E-state index contributed by atoms with van der Waals surface area (Å²) in [5.74, 6) is 6.27. The van der Waals surface area contributed by atoms with Gasteiger partial charge in [0, 0.05) is 17.2 Å². The summed E-state index contributed by atoms with van der Waals surface area (Å²) in [5, 5.41) is 3.11. The van der Waals surface area contributed by atoms with Crippen LogP contribution in [-0.4, -0.2) is 18.5 Å². The molecule has 3 heteroatoms. The summed E-state index contributed by atoms with van der Waals surface area (Å²) in [5.41, 5.74) is 7.86. The lowest BCUT2D eigenvalue weighted by molar-refractivity contribution is 0.0924. The Morgan fingerprint density at radius 2 is 2.00 bits per heavy atom. The molecule has 0 saturated carbocycles. The minimum Gasteiger partial charge on any atom is -0.349 e. The van der Waals surface area contributed by atoms with Gasteiger partial charge in [0.1, 0.15) is 0 Å². The Labute approximate surface area is 128 Å². The van der Waals surface area contributed by atoms with Crippen LogP contribution in [0.25, 0.3) is 0 Å². The van der Waals surface area contributed by atoms with Crippen LogP contribution < -0.4 is 11.1 Å². The number of hydrogen-bond donors (Lipinski definition) is 2. The Bertz CT molecular complexity index is 536. The molecule has 0 aromatic heterocycles. The molecule has 0 radical (unpaired) electrons. The van der Waals surface area contributed by atoms with Crippen molar-refractivity contribution in [1.82, 2.24) is 5.32 Å². The lowest BCUT2D eigenvalue weighted by atomic mass is 9.95. The zero-order valence-electron chi connectivity index (χ0n) is 13.5. The third kappa shape index (κ3) is 4.91. The predicted octanol–water partition coefficient (Wildman–Crippen LogP) is 2.86. The van der Waals surface area contributed by atoms with Crippen molar-refractivity contribution in [2.75, 3.05) is 6.54 Å². The number of rotatable bonds is 5. The first-order valence-corrected chi connectivity index (χ1v) is 7.63. The minimum absolute atomic E-state index is 0.0247. The lowest BCUT2D eigenvalue weighted by Crippen LogP contribution is -2.38. The molecule has 1 rings (SSSR count). The number of nitrogens with one attached hydrogen (secondary N) is 1. The molecule has 3 N–H and O–H groups in total. The zero-order chi connectivity index (χ0) is 15.8. The second-order valence-electron chi connectivity index (χ2n) is 5.37. The Balaban J connectivity index is 2.91. The smallest absolute Gasteiger partial charge is 0.251 e. The van der Waals surface area contributed by atoms with E-state index in [4.69, 9.17) is 5.73 Å². The maximum atomic E-state index is 12.5. The van der Waals surface area contributed by atoms with Crippen molar-refractivity contribution in [3.63, 3.8) is 0 Å². The molecular formula is C18H26N2O. The summed E-state index contributed by atoms with van der Waals surface area (Å²) in [6, 6.07) is 5.86. The van der Waals surface area contributed by atoms with Gasteiger partial charge >= 0.3 is 0 Å². The van der Waals surface area contributed by atoms with Gasteiger partial charge in [-0.05, 0) is 37.5 Å². The number of carbonyl (C=O) groups excluding carboxylic acids is 1. The number of benzene rings is 1. The summed E-state index contributed by atoms with van der Waals surface area (Å²) < 4.78 is 0. The van der Waals surface area contributed by atoms with E-state index in [1.54, 1.807) is 0 Å². The number of nitrogens with two attached hydrogens (primary N) is 1. The molecular weight excluding hydrogens is 260 g/mol. The largest absolute Gasteiger partial charge is 0.349 e. The van der Waals surface area contributed by atoms with E-state index in [-0.39, 0.29) is 11.9 Å². The summed E-state index contributed by atoms with van der Waals surface area (Å²) in [4.78, 5) is 12.5. The van der Waals surface area contributed by atoms with Crippen molar-refractivity contribution in [2.24, 2.45) is 11.7 Å². The van der Waals surface area contributed by atoms with Gasteiger partial charge in [-0.25, -0.2) is 0 Å². The van der Waals surface area contributed by atoms with Gasteiger partial charge in [0.2, 0.25) is 0 Å². The fraction of sp³-hybridized carbons (Fsp3) is 0.500. The van der Waals surface area contributed by atoms with Crippen LogP contribution in [0.1, 0.15) is 55.1 Å². The van der Waals surface area contributed by atoms with Gasteiger partial charge in [-0.3, -0.25) is 4.79 Å². The first-order chi connectivity index (χ1) is 10.0. The van der Waals surface area contributed by atoms with E-state index < -0.39 is 0 Å². The van der Waals surface area contributed by atoms with Gasteiger partial charge in [0.25, 0.3) is 5.91 Å². The van der Waals surface area contributed by atoms with E-state index in [0.717, 1.165) is 24.0 Å². The van der Waals surface area contributed by atoms with Crippen LogP contribution in [0.3, 0.4) is 0 Å². The van der Waals surface area contributed by atoms with Crippen LogP contribution in [0, 0.1) is 24.7 Å². The summed E-state index contributed by atoms with van der Waals surface area (Å²) in [6.07, 6.45) is 2.14. The minimum atomic E-state index is -0.0247. The van der Waals surface area contributed by atoms with E-state index in [0.29, 0.717) is 18.0 Å². The van der Waals surface area contributed by atoms with E-state index in [9.17, 15) is 4.79 Å².